The Labute approximate surface area is 78.8 Å². The van der Waals surface area contributed by atoms with E-state index in [9.17, 15) is 4.79 Å². The van der Waals surface area contributed by atoms with Gasteiger partial charge in [0.2, 0.25) is 0 Å². The third kappa shape index (κ3) is 1.80. The van der Waals surface area contributed by atoms with Gasteiger partial charge in [0.05, 0.1) is 0 Å². The van der Waals surface area contributed by atoms with E-state index in [2.05, 4.69) is 12.1 Å². The minimum atomic E-state index is 0.168. The van der Waals surface area contributed by atoms with Gasteiger partial charge in [0.1, 0.15) is 5.78 Å². The average Bonchev–Trinajstić information content (AvgIpc) is 2.90. The van der Waals surface area contributed by atoms with Gasteiger partial charge in [-0.1, -0.05) is 30.3 Å². The van der Waals surface area contributed by atoms with Crippen LogP contribution in [-0.4, -0.2) is 5.78 Å². The van der Waals surface area contributed by atoms with Crippen LogP contribution in [0, 0.1) is 5.92 Å². The third-order valence-corrected chi connectivity index (χ3v) is 2.69. The Hall–Kier alpha value is -1.11. The number of carbonyl (C=O) groups excluding carboxylic acids is 1. The van der Waals surface area contributed by atoms with Gasteiger partial charge in [-0.05, 0) is 31.2 Å². The average molecular weight is 174 g/mol. The van der Waals surface area contributed by atoms with Crippen molar-refractivity contribution >= 4 is 5.78 Å². The van der Waals surface area contributed by atoms with Crippen molar-refractivity contribution in [1.82, 2.24) is 0 Å². The van der Waals surface area contributed by atoms with Crippen LogP contribution in [0.15, 0.2) is 30.3 Å². The van der Waals surface area contributed by atoms with Crippen LogP contribution in [0.1, 0.15) is 31.2 Å². The van der Waals surface area contributed by atoms with Crippen LogP contribution in [0.5, 0.6) is 0 Å². The van der Waals surface area contributed by atoms with E-state index < -0.39 is 0 Å². The minimum Gasteiger partial charge on any atom is -0.299 e. The van der Waals surface area contributed by atoms with Crippen LogP contribution in [0.3, 0.4) is 0 Å². The Morgan fingerprint density at radius 2 is 1.92 bits per heavy atom. The summed E-state index contributed by atoms with van der Waals surface area (Å²) in [6.45, 7) is 1.70. The summed E-state index contributed by atoms with van der Waals surface area (Å²) in [5, 5.41) is 0. The molecule has 1 aromatic rings. The quantitative estimate of drug-likeness (QED) is 0.688. The maximum atomic E-state index is 11.4. The molecule has 0 heterocycles. The highest BCUT2D eigenvalue weighted by Crippen LogP contribution is 2.42. The summed E-state index contributed by atoms with van der Waals surface area (Å²) in [7, 11) is 0. The van der Waals surface area contributed by atoms with Crippen LogP contribution in [-0.2, 0) is 4.79 Å². The Kier molecular flexibility index (Phi) is 2.17. The summed E-state index contributed by atoms with van der Waals surface area (Å²) in [4.78, 5) is 11.4. The van der Waals surface area contributed by atoms with Crippen LogP contribution in [0.2, 0.25) is 0 Å². The van der Waals surface area contributed by atoms with Crippen molar-refractivity contribution in [2.75, 3.05) is 0 Å². The van der Waals surface area contributed by atoms with Crippen molar-refractivity contribution < 1.29 is 4.79 Å². The zero-order chi connectivity index (χ0) is 9.26. The van der Waals surface area contributed by atoms with Crippen molar-refractivity contribution in [3.05, 3.63) is 35.9 Å². The Morgan fingerprint density at radius 3 is 2.38 bits per heavy atom. The second kappa shape index (κ2) is 3.33. The molecule has 1 aliphatic rings. The molecule has 1 saturated carbocycles. The molecule has 0 unspecified atom stereocenters. The highest BCUT2D eigenvalue weighted by molar-refractivity contribution is 5.84. The normalized spacial score (nSPS) is 18.2. The number of benzene rings is 1. The monoisotopic (exact) mass is 174 g/mol. The fraction of sp³-hybridized carbons (Fsp3) is 0.417. The van der Waals surface area contributed by atoms with Crippen molar-refractivity contribution in [1.29, 1.82) is 0 Å². The predicted octanol–water partition coefficient (Wildman–Crippen LogP) is 2.77. The first kappa shape index (κ1) is 8.49. The largest absolute Gasteiger partial charge is 0.299 e. The molecule has 1 aliphatic carbocycles. The predicted molar refractivity (Wildman–Crippen MR) is 52.6 cm³/mol. The summed E-state index contributed by atoms with van der Waals surface area (Å²) < 4.78 is 0. The molecule has 1 atom stereocenters. The molecule has 1 fully saturated rings. The number of Topliss-reactive ketones (excluding diaryl/α,β-unsaturated/α-hetero) is 1. The topological polar surface area (TPSA) is 17.1 Å². The molecule has 68 valence electrons. The highest BCUT2D eigenvalue weighted by Gasteiger charge is 2.34. The lowest BCUT2D eigenvalue weighted by atomic mass is 9.91. The van der Waals surface area contributed by atoms with Crippen molar-refractivity contribution in [2.24, 2.45) is 5.92 Å². The summed E-state index contributed by atoms with van der Waals surface area (Å²) in [5.74, 6) is 1.11. The van der Waals surface area contributed by atoms with Gasteiger partial charge in [-0.2, -0.15) is 0 Å². The van der Waals surface area contributed by atoms with Gasteiger partial charge in [-0.3, -0.25) is 4.79 Å². The second-order valence-electron chi connectivity index (χ2n) is 3.84. The van der Waals surface area contributed by atoms with Gasteiger partial charge < -0.3 is 0 Å². The zero-order valence-corrected chi connectivity index (χ0v) is 7.86. The van der Waals surface area contributed by atoms with E-state index in [0.717, 1.165) is 0 Å². The molecule has 0 bridgehead atoms. The summed E-state index contributed by atoms with van der Waals surface area (Å²) >= 11 is 0. The molecule has 0 saturated heterocycles. The fourth-order valence-corrected chi connectivity index (χ4v) is 1.93. The first-order chi connectivity index (χ1) is 6.29. The van der Waals surface area contributed by atoms with E-state index in [0.29, 0.717) is 11.7 Å². The van der Waals surface area contributed by atoms with Crippen LogP contribution in [0.25, 0.3) is 0 Å². The molecule has 0 radical (unpaired) electrons. The van der Waals surface area contributed by atoms with Crippen LogP contribution < -0.4 is 0 Å². The smallest absolute Gasteiger partial charge is 0.137 e. The van der Waals surface area contributed by atoms with E-state index in [4.69, 9.17) is 0 Å². The molecular weight excluding hydrogens is 160 g/mol. The third-order valence-electron chi connectivity index (χ3n) is 2.69. The summed E-state index contributed by atoms with van der Waals surface area (Å²) in [5.41, 5.74) is 1.19. The minimum absolute atomic E-state index is 0.168. The molecule has 0 aliphatic heterocycles. The van der Waals surface area contributed by atoms with E-state index in [1.165, 1.54) is 18.4 Å². The number of rotatable bonds is 3. The SMILES string of the molecule is CC(=O)[C@@H](c1ccccc1)C1CC1. The van der Waals surface area contributed by atoms with Crippen molar-refractivity contribution in [2.45, 2.75) is 25.7 Å². The van der Waals surface area contributed by atoms with E-state index in [1.807, 2.05) is 18.2 Å². The lowest BCUT2D eigenvalue weighted by molar-refractivity contribution is -0.118. The zero-order valence-electron chi connectivity index (χ0n) is 7.86. The molecule has 1 aromatic carbocycles. The highest BCUT2D eigenvalue weighted by atomic mass is 16.1. The van der Waals surface area contributed by atoms with Crippen LogP contribution >= 0.6 is 0 Å². The van der Waals surface area contributed by atoms with Gasteiger partial charge in [0.15, 0.2) is 0 Å². The van der Waals surface area contributed by atoms with E-state index in [1.54, 1.807) is 6.92 Å². The Balaban J connectivity index is 2.25. The van der Waals surface area contributed by atoms with Gasteiger partial charge in [0, 0.05) is 5.92 Å². The first-order valence-electron chi connectivity index (χ1n) is 4.84. The molecule has 1 nitrogen and oxygen atoms in total. The molecule has 0 spiro atoms. The van der Waals surface area contributed by atoms with Gasteiger partial charge in [-0.25, -0.2) is 0 Å². The summed E-state index contributed by atoms with van der Waals surface area (Å²) in [6.07, 6.45) is 2.44. The fourth-order valence-electron chi connectivity index (χ4n) is 1.93. The molecule has 13 heavy (non-hydrogen) atoms. The lowest BCUT2D eigenvalue weighted by Gasteiger charge is -2.12. The van der Waals surface area contributed by atoms with Gasteiger partial charge >= 0.3 is 0 Å². The van der Waals surface area contributed by atoms with Gasteiger partial charge in [-0.15, -0.1) is 0 Å². The second-order valence-corrected chi connectivity index (χ2v) is 3.84. The molecule has 2 rings (SSSR count). The van der Waals surface area contributed by atoms with Gasteiger partial charge in [0.25, 0.3) is 0 Å². The lowest BCUT2D eigenvalue weighted by Crippen LogP contribution is -2.10. The molecule has 1 heteroatoms. The number of carbonyl (C=O) groups is 1. The van der Waals surface area contributed by atoms with E-state index >= 15 is 0 Å². The molecular formula is C12H14O. The Bertz CT molecular complexity index is 298. The summed E-state index contributed by atoms with van der Waals surface area (Å²) in [6, 6.07) is 10.1. The van der Waals surface area contributed by atoms with E-state index in [-0.39, 0.29) is 5.92 Å². The Morgan fingerprint density at radius 1 is 1.31 bits per heavy atom. The maximum absolute atomic E-state index is 11.4. The number of hydrogen-bond donors (Lipinski definition) is 0. The molecule has 0 amide bonds. The number of hydrogen-bond acceptors (Lipinski definition) is 1. The van der Waals surface area contributed by atoms with Crippen molar-refractivity contribution in [3.63, 3.8) is 0 Å². The first-order valence-corrected chi connectivity index (χ1v) is 4.84. The maximum Gasteiger partial charge on any atom is 0.137 e. The molecule has 0 N–H and O–H groups in total. The van der Waals surface area contributed by atoms with Crippen molar-refractivity contribution in [3.8, 4) is 0 Å². The molecule has 0 aromatic heterocycles. The van der Waals surface area contributed by atoms with Crippen LogP contribution in [0.4, 0.5) is 0 Å². The number of ketones is 1. The standard InChI is InChI=1S/C12H14O/c1-9(13)12(11-7-8-11)10-5-3-2-4-6-10/h2-6,11-12H,7-8H2,1H3/t12-/m0/s1.